The normalized spacial score (nSPS) is 30.3. The van der Waals surface area contributed by atoms with Crippen LogP contribution in [-0.2, 0) is 9.47 Å². The van der Waals surface area contributed by atoms with E-state index in [0.717, 1.165) is 24.4 Å². The van der Waals surface area contributed by atoms with Crippen LogP contribution in [0.15, 0.2) is 78.6 Å². The molecule has 2 nitrogen and oxygen atoms in total. The molecule has 2 fully saturated rings. The average molecular weight is 302 g/mol. The molecule has 2 aromatic carbocycles. The zero-order chi connectivity index (χ0) is 15.3. The van der Waals surface area contributed by atoms with Gasteiger partial charge in [0.15, 0.2) is 5.60 Å². The number of rotatable bonds is 2. The van der Waals surface area contributed by atoms with Gasteiger partial charge < -0.3 is 9.47 Å². The van der Waals surface area contributed by atoms with Gasteiger partial charge in [-0.2, -0.15) is 0 Å². The molecule has 3 aliphatic heterocycles. The van der Waals surface area contributed by atoms with Crippen LogP contribution >= 0.6 is 0 Å². The van der Waals surface area contributed by atoms with Crippen molar-refractivity contribution in [1.29, 1.82) is 0 Å². The van der Waals surface area contributed by atoms with E-state index in [1.807, 2.05) is 12.1 Å². The fourth-order valence-corrected chi connectivity index (χ4v) is 4.10. The van der Waals surface area contributed by atoms with Crippen molar-refractivity contribution < 1.29 is 9.47 Å². The topological polar surface area (TPSA) is 18.5 Å². The molecule has 5 rings (SSSR count). The lowest BCUT2D eigenvalue weighted by Crippen LogP contribution is -2.30. The first-order chi connectivity index (χ1) is 11.4. The maximum atomic E-state index is 6.33. The van der Waals surface area contributed by atoms with Gasteiger partial charge in [-0.05, 0) is 23.6 Å². The summed E-state index contributed by atoms with van der Waals surface area (Å²) in [5.74, 6) is 1.42. The largest absolute Gasteiger partial charge is 0.493 e. The van der Waals surface area contributed by atoms with Crippen molar-refractivity contribution in [2.24, 2.45) is 5.92 Å². The van der Waals surface area contributed by atoms with Gasteiger partial charge in [-0.15, -0.1) is 0 Å². The van der Waals surface area contributed by atoms with Crippen LogP contribution in [0.1, 0.15) is 17.5 Å². The van der Waals surface area contributed by atoms with E-state index in [9.17, 15) is 0 Å². The second-order valence-electron chi connectivity index (χ2n) is 6.49. The average Bonchev–Trinajstić information content (AvgIpc) is 3.28. The lowest BCUT2D eigenvalue weighted by molar-refractivity contribution is 0.0410. The van der Waals surface area contributed by atoms with Gasteiger partial charge in [0.1, 0.15) is 5.76 Å². The summed E-state index contributed by atoms with van der Waals surface area (Å²) in [5.41, 5.74) is 3.15. The molecule has 0 N–H and O–H groups in total. The summed E-state index contributed by atoms with van der Waals surface area (Å²) in [7, 11) is 0. The van der Waals surface area contributed by atoms with Crippen molar-refractivity contribution in [2.45, 2.75) is 18.1 Å². The molecule has 0 saturated carbocycles. The summed E-state index contributed by atoms with van der Waals surface area (Å²) in [6, 6.07) is 21.0. The highest BCUT2D eigenvalue weighted by Gasteiger charge is 2.58. The van der Waals surface area contributed by atoms with Gasteiger partial charge in [0.2, 0.25) is 0 Å². The monoisotopic (exact) mass is 302 g/mol. The van der Waals surface area contributed by atoms with Crippen LogP contribution in [0.25, 0.3) is 5.57 Å². The Bertz CT molecular complexity index is 750. The summed E-state index contributed by atoms with van der Waals surface area (Å²) in [5, 5.41) is 0. The maximum absolute atomic E-state index is 6.33. The minimum atomic E-state index is -0.355. The lowest BCUT2D eigenvalue weighted by atomic mass is 9.81. The Balaban J connectivity index is 1.76. The Kier molecular flexibility index (Phi) is 2.77. The molecule has 0 amide bonds. The summed E-state index contributed by atoms with van der Waals surface area (Å²) in [6.45, 7) is 0.749. The van der Waals surface area contributed by atoms with Crippen LogP contribution in [-0.4, -0.2) is 18.3 Å². The fraction of sp³-hybridized carbons (Fsp3) is 0.238. The van der Waals surface area contributed by atoms with Gasteiger partial charge in [0.05, 0.1) is 12.7 Å². The van der Waals surface area contributed by atoms with Crippen LogP contribution in [0.4, 0.5) is 0 Å². The van der Waals surface area contributed by atoms with E-state index in [1.165, 1.54) is 11.1 Å². The zero-order valence-electron chi connectivity index (χ0n) is 12.8. The third-order valence-electron chi connectivity index (χ3n) is 5.16. The lowest BCUT2D eigenvalue weighted by Gasteiger charge is -2.24. The van der Waals surface area contributed by atoms with Gasteiger partial charge in [-0.25, -0.2) is 0 Å². The van der Waals surface area contributed by atoms with Crippen LogP contribution in [0.5, 0.6) is 0 Å². The van der Waals surface area contributed by atoms with Crippen molar-refractivity contribution >= 4 is 5.57 Å². The summed E-state index contributed by atoms with van der Waals surface area (Å²) < 4.78 is 12.5. The molecule has 3 atom stereocenters. The first-order valence-electron chi connectivity index (χ1n) is 8.22. The number of fused-ring (bicyclic) bond motifs is 1. The van der Waals surface area contributed by atoms with E-state index in [4.69, 9.17) is 9.47 Å². The molecule has 0 aromatic heterocycles. The molecule has 2 heteroatoms. The molecule has 0 radical (unpaired) electrons. The first kappa shape index (κ1) is 13.1. The molecule has 2 saturated heterocycles. The molecule has 2 bridgehead atoms. The van der Waals surface area contributed by atoms with E-state index in [-0.39, 0.29) is 11.7 Å². The minimum Gasteiger partial charge on any atom is -0.493 e. The minimum absolute atomic E-state index is 0.256. The molecule has 3 unspecified atom stereocenters. The summed E-state index contributed by atoms with van der Waals surface area (Å²) in [4.78, 5) is 0. The van der Waals surface area contributed by atoms with Crippen molar-refractivity contribution in [1.82, 2.24) is 0 Å². The van der Waals surface area contributed by atoms with Crippen LogP contribution in [0.2, 0.25) is 0 Å². The smallest absolute Gasteiger partial charge is 0.151 e. The second-order valence-corrected chi connectivity index (χ2v) is 6.49. The molecule has 3 heterocycles. The zero-order valence-corrected chi connectivity index (χ0v) is 12.8. The van der Waals surface area contributed by atoms with E-state index in [2.05, 4.69) is 60.7 Å². The maximum Gasteiger partial charge on any atom is 0.151 e. The number of ether oxygens (including phenoxy) is 2. The molecule has 1 spiro atoms. The Hall–Kier alpha value is -2.32. The summed E-state index contributed by atoms with van der Waals surface area (Å²) in [6.07, 6.45) is 5.74. The number of benzene rings is 2. The molecule has 23 heavy (non-hydrogen) atoms. The molecule has 114 valence electrons. The quantitative estimate of drug-likeness (QED) is 0.774. The number of hydrogen-bond acceptors (Lipinski definition) is 2. The fourth-order valence-electron chi connectivity index (χ4n) is 4.10. The van der Waals surface area contributed by atoms with Crippen LogP contribution < -0.4 is 0 Å². The molecular weight excluding hydrogens is 284 g/mol. The predicted octanol–water partition coefficient (Wildman–Crippen LogP) is 4.19. The van der Waals surface area contributed by atoms with Gasteiger partial charge in [0, 0.05) is 11.5 Å². The van der Waals surface area contributed by atoms with E-state index >= 15 is 0 Å². The Morgan fingerprint density at radius 2 is 1.57 bits per heavy atom. The van der Waals surface area contributed by atoms with Gasteiger partial charge >= 0.3 is 0 Å². The van der Waals surface area contributed by atoms with E-state index < -0.39 is 0 Å². The SMILES string of the molecule is C1=CC23OC1CC2COC3=C(c1ccccc1)c1ccccc1. The molecular formula is C21H18O2. The van der Waals surface area contributed by atoms with Crippen molar-refractivity contribution in [3.63, 3.8) is 0 Å². The van der Waals surface area contributed by atoms with Gasteiger partial charge in [0.25, 0.3) is 0 Å². The third kappa shape index (κ3) is 1.85. The van der Waals surface area contributed by atoms with Crippen molar-refractivity contribution in [3.05, 3.63) is 89.7 Å². The second kappa shape index (κ2) is 4.84. The Labute approximate surface area is 136 Å². The molecule has 0 aliphatic carbocycles. The Morgan fingerprint density at radius 3 is 2.17 bits per heavy atom. The molecule has 2 aromatic rings. The summed E-state index contributed by atoms with van der Waals surface area (Å²) >= 11 is 0. The predicted molar refractivity (Wildman–Crippen MR) is 89.7 cm³/mol. The third-order valence-corrected chi connectivity index (χ3v) is 5.16. The van der Waals surface area contributed by atoms with Crippen molar-refractivity contribution in [3.8, 4) is 0 Å². The molecule has 3 aliphatic rings. The van der Waals surface area contributed by atoms with Crippen LogP contribution in [0, 0.1) is 5.92 Å². The van der Waals surface area contributed by atoms with Gasteiger partial charge in [-0.3, -0.25) is 0 Å². The van der Waals surface area contributed by atoms with E-state index in [1.54, 1.807) is 0 Å². The van der Waals surface area contributed by atoms with E-state index in [0.29, 0.717) is 5.92 Å². The first-order valence-corrected chi connectivity index (χ1v) is 8.22. The highest BCUT2D eigenvalue weighted by Crippen LogP contribution is 2.54. The number of hydrogen-bond donors (Lipinski definition) is 0. The van der Waals surface area contributed by atoms with Crippen LogP contribution in [0.3, 0.4) is 0 Å². The standard InChI is InChI=1S/C21H18O2/c1-3-7-15(8-4-1)19(16-9-5-2-6-10-16)20-21-12-11-18(23-21)13-17(21)14-22-20/h1-12,17-18H,13-14H2. The highest BCUT2D eigenvalue weighted by molar-refractivity contribution is 5.83. The Morgan fingerprint density at radius 1 is 0.913 bits per heavy atom. The highest BCUT2D eigenvalue weighted by atomic mass is 16.6. The van der Waals surface area contributed by atoms with Crippen molar-refractivity contribution in [2.75, 3.05) is 6.61 Å². The van der Waals surface area contributed by atoms with Gasteiger partial charge in [-0.1, -0.05) is 66.7 Å².